The Morgan fingerprint density at radius 2 is 1.77 bits per heavy atom. The van der Waals surface area contributed by atoms with Crippen molar-refractivity contribution in [1.29, 1.82) is 0 Å². The van der Waals surface area contributed by atoms with Crippen LogP contribution in [0.3, 0.4) is 0 Å². The van der Waals surface area contributed by atoms with Crippen molar-refractivity contribution < 1.29 is 17.1 Å². The van der Waals surface area contributed by atoms with Gasteiger partial charge in [-0.1, -0.05) is 59.3 Å². The molecule has 5 nitrogen and oxygen atoms in total. The molecule has 1 aromatic heterocycles. The third-order valence-electron chi connectivity index (χ3n) is 3.72. The highest BCUT2D eigenvalue weighted by Crippen LogP contribution is 2.14. The lowest BCUT2D eigenvalue weighted by molar-refractivity contribution is 0.298. The van der Waals surface area contributed by atoms with Crippen molar-refractivity contribution >= 4 is 22.3 Å². The largest absolute Gasteiger partial charge is 0.361 e. The average molecular weight is 369 g/mol. The minimum absolute atomic E-state index is 0.00670. The van der Waals surface area contributed by atoms with Gasteiger partial charge < -0.3 is 4.52 Å². The Labute approximate surface area is 153 Å². The first-order valence-corrected chi connectivity index (χ1v) is 9.58. The number of hydrogen-bond acceptors (Lipinski definition) is 5. The number of nitrogens with zero attached hydrogens (tertiary/aromatic N) is 1. The molecule has 0 radical (unpaired) electrons. The van der Waals surface area contributed by atoms with Gasteiger partial charge in [-0.2, -0.15) is 8.42 Å². The summed E-state index contributed by atoms with van der Waals surface area (Å²) in [5, 5.41) is 3.95. The van der Waals surface area contributed by atoms with Gasteiger partial charge in [-0.25, -0.2) is 0 Å². The Balaban J connectivity index is 1.55. The van der Waals surface area contributed by atoms with Gasteiger partial charge in [0.15, 0.2) is 0 Å². The Hall–Kier alpha value is -2.70. The second-order valence-electron chi connectivity index (χ2n) is 5.80. The molecule has 0 amide bonds. The topological polar surface area (TPSA) is 69.4 Å². The molecule has 1 heterocycles. The third kappa shape index (κ3) is 4.91. The summed E-state index contributed by atoms with van der Waals surface area (Å²) >= 11 is 0. The van der Waals surface area contributed by atoms with Crippen molar-refractivity contribution in [2.75, 3.05) is 6.61 Å². The van der Waals surface area contributed by atoms with Crippen molar-refractivity contribution in [1.82, 2.24) is 5.16 Å². The van der Waals surface area contributed by atoms with Crippen LogP contribution in [-0.4, -0.2) is 20.2 Å². The smallest absolute Gasteiger partial charge is 0.296 e. The maximum atomic E-state index is 12.1. The molecule has 0 aliphatic heterocycles. The van der Waals surface area contributed by atoms with E-state index in [0.717, 1.165) is 11.1 Å². The van der Waals surface area contributed by atoms with E-state index in [1.165, 1.54) is 12.1 Å². The van der Waals surface area contributed by atoms with Gasteiger partial charge >= 0.3 is 0 Å². The van der Waals surface area contributed by atoms with Crippen molar-refractivity contribution in [3.8, 4) is 0 Å². The van der Waals surface area contributed by atoms with Crippen molar-refractivity contribution in [3.05, 3.63) is 83.2 Å². The summed E-state index contributed by atoms with van der Waals surface area (Å²) in [6.07, 6.45) is 4.09. The van der Waals surface area contributed by atoms with Crippen LogP contribution in [0.4, 0.5) is 0 Å². The molecular weight excluding hydrogens is 350 g/mol. The average Bonchev–Trinajstić information content (AvgIpc) is 3.09. The Morgan fingerprint density at radius 1 is 1.04 bits per heavy atom. The lowest BCUT2D eigenvalue weighted by atomic mass is 10.2. The Kier molecular flexibility index (Phi) is 5.65. The molecular formula is C20H19NO4S. The summed E-state index contributed by atoms with van der Waals surface area (Å²) in [5.74, 6) is 0.566. The zero-order valence-electron chi connectivity index (χ0n) is 14.3. The summed E-state index contributed by atoms with van der Waals surface area (Å²) < 4.78 is 34.5. The lowest BCUT2D eigenvalue weighted by Gasteiger charge is -2.04. The van der Waals surface area contributed by atoms with E-state index < -0.39 is 10.1 Å². The second kappa shape index (κ2) is 8.12. The summed E-state index contributed by atoms with van der Waals surface area (Å²) in [5.41, 5.74) is 2.72. The number of aryl methyl sites for hydroxylation is 1. The van der Waals surface area contributed by atoms with E-state index in [2.05, 4.69) is 5.16 Å². The van der Waals surface area contributed by atoms with E-state index in [1.54, 1.807) is 18.2 Å². The highest BCUT2D eigenvalue weighted by molar-refractivity contribution is 7.86. The summed E-state index contributed by atoms with van der Waals surface area (Å²) in [6.45, 7) is 1.89. The van der Waals surface area contributed by atoms with E-state index in [4.69, 9.17) is 8.71 Å². The van der Waals surface area contributed by atoms with E-state index >= 15 is 0 Å². The molecule has 3 rings (SSSR count). The van der Waals surface area contributed by atoms with Crippen LogP contribution in [0.2, 0.25) is 0 Å². The van der Waals surface area contributed by atoms with E-state index in [9.17, 15) is 8.42 Å². The van der Waals surface area contributed by atoms with E-state index in [0.29, 0.717) is 17.9 Å². The molecule has 0 saturated heterocycles. The van der Waals surface area contributed by atoms with Crippen LogP contribution in [0, 0.1) is 6.92 Å². The molecule has 0 atom stereocenters. The summed E-state index contributed by atoms with van der Waals surface area (Å²) in [4.78, 5) is 0.146. The van der Waals surface area contributed by atoms with Gasteiger partial charge in [0.2, 0.25) is 0 Å². The maximum Gasteiger partial charge on any atom is 0.296 e. The first-order chi connectivity index (χ1) is 12.5. The monoisotopic (exact) mass is 369 g/mol. The highest BCUT2D eigenvalue weighted by atomic mass is 32.2. The number of benzene rings is 2. The van der Waals surface area contributed by atoms with Crippen LogP contribution < -0.4 is 0 Å². The van der Waals surface area contributed by atoms with Crippen LogP contribution in [0.5, 0.6) is 0 Å². The summed E-state index contributed by atoms with van der Waals surface area (Å²) in [6, 6.07) is 18.1. The lowest BCUT2D eigenvalue weighted by Crippen LogP contribution is -2.09. The second-order valence-corrected chi connectivity index (χ2v) is 7.42. The van der Waals surface area contributed by atoms with Crippen molar-refractivity contribution in [3.63, 3.8) is 0 Å². The van der Waals surface area contributed by atoms with Gasteiger partial charge in [0, 0.05) is 12.5 Å². The molecule has 0 bridgehead atoms. The SMILES string of the molecule is Cc1ccc(S(=O)(=O)OCCc2cc(C=Cc3ccccc3)no2)cc1. The van der Waals surface area contributed by atoms with Gasteiger partial charge in [-0.3, -0.25) is 4.18 Å². The normalized spacial score (nSPS) is 11.9. The van der Waals surface area contributed by atoms with Crippen LogP contribution in [-0.2, 0) is 20.7 Å². The van der Waals surface area contributed by atoms with Crippen LogP contribution >= 0.6 is 0 Å². The van der Waals surface area contributed by atoms with Gasteiger partial charge in [0.25, 0.3) is 10.1 Å². The van der Waals surface area contributed by atoms with Gasteiger partial charge in [-0.05, 0) is 30.7 Å². The zero-order chi connectivity index (χ0) is 18.4. The fourth-order valence-electron chi connectivity index (χ4n) is 2.30. The zero-order valence-corrected chi connectivity index (χ0v) is 15.1. The van der Waals surface area contributed by atoms with Gasteiger partial charge in [-0.15, -0.1) is 0 Å². The highest BCUT2D eigenvalue weighted by Gasteiger charge is 2.15. The minimum Gasteiger partial charge on any atom is -0.361 e. The molecule has 0 saturated carbocycles. The number of aromatic nitrogens is 1. The van der Waals surface area contributed by atoms with Gasteiger partial charge in [0.1, 0.15) is 11.5 Å². The third-order valence-corrected chi connectivity index (χ3v) is 5.05. The van der Waals surface area contributed by atoms with Crippen molar-refractivity contribution in [2.24, 2.45) is 0 Å². The van der Waals surface area contributed by atoms with Gasteiger partial charge in [0.05, 0.1) is 11.5 Å². The molecule has 3 aromatic rings. The molecule has 6 heteroatoms. The van der Waals surface area contributed by atoms with Crippen LogP contribution in [0.1, 0.15) is 22.6 Å². The Morgan fingerprint density at radius 3 is 2.50 bits per heavy atom. The molecule has 0 fully saturated rings. The molecule has 0 N–H and O–H groups in total. The fraction of sp³-hybridized carbons (Fsp3) is 0.150. The first-order valence-electron chi connectivity index (χ1n) is 8.18. The molecule has 0 unspecified atom stereocenters. The van der Waals surface area contributed by atoms with E-state index in [-0.39, 0.29) is 11.5 Å². The molecule has 0 aliphatic rings. The quantitative estimate of drug-likeness (QED) is 0.587. The van der Waals surface area contributed by atoms with Crippen LogP contribution in [0.15, 0.2) is 70.1 Å². The number of hydrogen-bond donors (Lipinski definition) is 0. The van der Waals surface area contributed by atoms with Crippen molar-refractivity contribution in [2.45, 2.75) is 18.2 Å². The molecule has 134 valence electrons. The predicted molar refractivity (Wildman–Crippen MR) is 99.9 cm³/mol. The standard InChI is InChI=1S/C20H19NO4S/c1-16-7-11-20(12-8-16)26(22,23)24-14-13-19-15-18(21-25-19)10-9-17-5-3-2-4-6-17/h2-12,15H,13-14H2,1H3. The molecule has 0 spiro atoms. The Bertz CT molecular complexity index is 974. The summed E-state index contributed by atoms with van der Waals surface area (Å²) in [7, 11) is -3.76. The van der Waals surface area contributed by atoms with Crippen LogP contribution in [0.25, 0.3) is 12.2 Å². The first kappa shape index (κ1) is 18.1. The minimum atomic E-state index is -3.76. The number of rotatable bonds is 7. The molecule has 0 aliphatic carbocycles. The molecule has 26 heavy (non-hydrogen) atoms. The fourth-order valence-corrected chi connectivity index (χ4v) is 3.20. The predicted octanol–water partition coefficient (Wildman–Crippen LogP) is 4.10. The maximum absolute atomic E-state index is 12.1. The molecule has 2 aromatic carbocycles. The van der Waals surface area contributed by atoms with E-state index in [1.807, 2.05) is 49.4 Å².